The van der Waals surface area contributed by atoms with Crippen LogP contribution in [0.25, 0.3) is 0 Å². The van der Waals surface area contributed by atoms with Gasteiger partial charge in [0.25, 0.3) is 0 Å². The molecule has 0 aromatic heterocycles. The summed E-state index contributed by atoms with van der Waals surface area (Å²) in [5.74, 6) is -0.312. The van der Waals surface area contributed by atoms with Gasteiger partial charge in [0.2, 0.25) is 5.91 Å². The van der Waals surface area contributed by atoms with Gasteiger partial charge in [-0.05, 0) is 17.5 Å². The van der Waals surface area contributed by atoms with Gasteiger partial charge in [-0.25, -0.2) is 0 Å². The summed E-state index contributed by atoms with van der Waals surface area (Å²) in [5.41, 5.74) is 0.707. The standard InChI is InChI=1S/C10H11NO2S/c1-2-14(13)8-10(12)11-9-6-4-3-5-7-9/h2-7H,1,8H2,(H,11,12). The normalized spacial score (nSPS) is 11.7. The maximum atomic E-state index is 11.2. The number of hydrogen-bond acceptors (Lipinski definition) is 2. The third-order valence-corrected chi connectivity index (χ3v) is 2.44. The van der Waals surface area contributed by atoms with E-state index in [0.717, 1.165) is 0 Å². The van der Waals surface area contributed by atoms with Crippen molar-refractivity contribution in [2.24, 2.45) is 0 Å². The van der Waals surface area contributed by atoms with E-state index in [4.69, 9.17) is 0 Å². The average Bonchev–Trinajstić information content (AvgIpc) is 2.19. The highest BCUT2D eigenvalue weighted by atomic mass is 32.2. The highest BCUT2D eigenvalue weighted by Crippen LogP contribution is 2.04. The molecule has 1 unspecified atom stereocenters. The average molecular weight is 209 g/mol. The summed E-state index contributed by atoms with van der Waals surface area (Å²) in [7, 11) is -1.28. The topological polar surface area (TPSA) is 46.2 Å². The molecule has 0 heterocycles. The van der Waals surface area contributed by atoms with Gasteiger partial charge >= 0.3 is 0 Å². The van der Waals surface area contributed by atoms with Crippen molar-refractivity contribution in [1.29, 1.82) is 0 Å². The third kappa shape index (κ3) is 3.53. The molecule has 0 aliphatic rings. The van der Waals surface area contributed by atoms with Gasteiger partial charge in [0.15, 0.2) is 0 Å². The van der Waals surface area contributed by atoms with E-state index in [9.17, 15) is 9.00 Å². The van der Waals surface area contributed by atoms with Crippen molar-refractivity contribution in [1.82, 2.24) is 0 Å². The molecule has 0 saturated heterocycles. The Morgan fingerprint density at radius 2 is 2.07 bits per heavy atom. The molecule has 1 rings (SSSR count). The van der Waals surface area contributed by atoms with Crippen LogP contribution in [0.15, 0.2) is 42.3 Å². The van der Waals surface area contributed by atoms with E-state index < -0.39 is 10.8 Å². The van der Waals surface area contributed by atoms with Crippen LogP contribution in [0.5, 0.6) is 0 Å². The molecule has 1 N–H and O–H groups in total. The lowest BCUT2D eigenvalue weighted by atomic mass is 10.3. The van der Waals surface area contributed by atoms with Gasteiger partial charge in [0, 0.05) is 5.69 Å². The Morgan fingerprint density at radius 1 is 1.43 bits per heavy atom. The van der Waals surface area contributed by atoms with Gasteiger partial charge in [-0.1, -0.05) is 24.8 Å². The number of anilines is 1. The Bertz CT molecular complexity index is 348. The lowest BCUT2D eigenvalue weighted by molar-refractivity contribution is -0.113. The minimum Gasteiger partial charge on any atom is -0.325 e. The molecule has 0 aliphatic carbocycles. The molecule has 0 aliphatic heterocycles. The van der Waals surface area contributed by atoms with Crippen molar-refractivity contribution in [3.05, 3.63) is 42.3 Å². The summed E-state index contributed by atoms with van der Waals surface area (Å²) in [6.45, 7) is 3.34. The first-order valence-electron chi connectivity index (χ1n) is 4.07. The Balaban J connectivity index is 2.50. The summed E-state index contributed by atoms with van der Waals surface area (Å²) in [5, 5.41) is 3.88. The Labute approximate surface area is 85.3 Å². The fourth-order valence-electron chi connectivity index (χ4n) is 0.907. The van der Waals surface area contributed by atoms with Crippen molar-refractivity contribution in [2.75, 3.05) is 11.1 Å². The summed E-state index contributed by atoms with van der Waals surface area (Å²) in [6.07, 6.45) is 0. The number of benzene rings is 1. The van der Waals surface area contributed by atoms with Gasteiger partial charge in [0.05, 0.1) is 10.8 Å². The molecule has 0 fully saturated rings. The molecule has 3 nitrogen and oxygen atoms in total. The zero-order valence-electron chi connectivity index (χ0n) is 7.60. The zero-order valence-corrected chi connectivity index (χ0v) is 8.42. The van der Waals surface area contributed by atoms with Crippen LogP contribution in [0.2, 0.25) is 0 Å². The third-order valence-electron chi connectivity index (χ3n) is 1.52. The summed E-state index contributed by atoms with van der Waals surface area (Å²) < 4.78 is 10.9. The van der Waals surface area contributed by atoms with Crippen LogP contribution in [-0.2, 0) is 15.6 Å². The van der Waals surface area contributed by atoms with E-state index in [1.165, 1.54) is 5.41 Å². The van der Waals surface area contributed by atoms with Gasteiger partial charge in [-0.15, -0.1) is 0 Å². The fraction of sp³-hybridized carbons (Fsp3) is 0.100. The highest BCUT2D eigenvalue weighted by Gasteiger charge is 2.04. The predicted molar refractivity (Wildman–Crippen MR) is 58.3 cm³/mol. The van der Waals surface area contributed by atoms with Gasteiger partial charge in [-0.2, -0.15) is 0 Å². The first kappa shape index (κ1) is 10.7. The first-order chi connectivity index (χ1) is 6.72. The molecule has 0 saturated carbocycles. The SMILES string of the molecule is C=CS(=O)CC(=O)Nc1ccccc1. The largest absolute Gasteiger partial charge is 0.325 e. The Kier molecular flexibility index (Phi) is 4.07. The van der Waals surface area contributed by atoms with Gasteiger partial charge in [-0.3, -0.25) is 9.00 Å². The highest BCUT2D eigenvalue weighted by molar-refractivity contribution is 7.88. The number of carbonyl (C=O) groups is 1. The molecule has 4 heteroatoms. The van der Waals surface area contributed by atoms with Crippen LogP contribution < -0.4 is 5.32 Å². The van der Waals surface area contributed by atoms with E-state index in [1.807, 2.05) is 18.2 Å². The molecule has 1 amide bonds. The van der Waals surface area contributed by atoms with Crippen molar-refractivity contribution < 1.29 is 9.00 Å². The quantitative estimate of drug-likeness (QED) is 0.817. The summed E-state index contributed by atoms with van der Waals surface area (Å²) >= 11 is 0. The molecule has 0 bridgehead atoms. The molecular weight excluding hydrogens is 198 g/mol. The summed E-state index contributed by atoms with van der Waals surface area (Å²) in [4.78, 5) is 11.2. The molecule has 0 spiro atoms. The smallest absolute Gasteiger partial charge is 0.237 e. The van der Waals surface area contributed by atoms with Crippen molar-refractivity contribution >= 4 is 22.4 Å². The van der Waals surface area contributed by atoms with Crippen LogP contribution in [0.4, 0.5) is 5.69 Å². The molecule has 14 heavy (non-hydrogen) atoms. The number of para-hydroxylation sites is 1. The Hall–Kier alpha value is -1.42. The molecule has 1 atom stereocenters. The van der Waals surface area contributed by atoms with Crippen LogP contribution in [-0.4, -0.2) is 15.9 Å². The molecule has 0 radical (unpaired) electrons. The number of rotatable bonds is 4. The minimum absolute atomic E-state index is 0.0433. The Morgan fingerprint density at radius 3 is 2.64 bits per heavy atom. The van der Waals surface area contributed by atoms with E-state index in [2.05, 4.69) is 11.9 Å². The monoisotopic (exact) mass is 209 g/mol. The molecule has 1 aromatic rings. The fourth-order valence-corrected chi connectivity index (χ4v) is 1.36. The van der Waals surface area contributed by atoms with Crippen LogP contribution >= 0.6 is 0 Å². The zero-order chi connectivity index (χ0) is 10.4. The van der Waals surface area contributed by atoms with Crippen molar-refractivity contribution in [3.8, 4) is 0 Å². The number of amides is 1. The summed E-state index contributed by atoms with van der Waals surface area (Å²) in [6, 6.07) is 9.04. The number of hydrogen-bond donors (Lipinski definition) is 1. The molecule has 1 aromatic carbocycles. The molecular formula is C10H11NO2S. The van der Waals surface area contributed by atoms with Gasteiger partial charge < -0.3 is 5.32 Å². The lowest BCUT2D eigenvalue weighted by Gasteiger charge is -2.02. The van der Waals surface area contributed by atoms with Gasteiger partial charge in [0.1, 0.15) is 5.75 Å². The second kappa shape index (κ2) is 5.34. The van der Waals surface area contributed by atoms with E-state index >= 15 is 0 Å². The van der Waals surface area contributed by atoms with Crippen LogP contribution in [0, 0.1) is 0 Å². The van der Waals surface area contributed by atoms with Crippen molar-refractivity contribution in [2.45, 2.75) is 0 Å². The lowest BCUT2D eigenvalue weighted by Crippen LogP contribution is -2.18. The predicted octanol–water partition coefficient (Wildman–Crippen LogP) is 1.52. The second-order valence-electron chi connectivity index (χ2n) is 2.61. The van der Waals surface area contributed by atoms with E-state index in [-0.39, 0.29) is 11.7 Å². The molecule has 74 valence electrons. The maximum absolute atomic E-state index is 11.2. The van der Waals surface area contributed by atoms with E-state index in [1.54, 1.807) is 12.1 Å². The minimum atomic E-state index is -1.28. The van der Waals surface area contributed by atoms with Crippen LogP contribution in [0.3, 0.4) is 0 Å². The van der Waals surface area contributed by atoms with Crippen molar-refractivity contribution in [3.63, 3.8) is 0 Å². The second-order valence-corrected chi connectivity index (χ2v) is 3.99. The first-order valence-corrected chi connectivity index (χ1v) is 5.45. The number of nitrogens with one attached hydrogen (secondary N) is 1. The number of carbonyl (C=O) groups excluding carboxylic acids is 1. The maximum Gasteiger partial charge on any atom is 0.237 e. The van der Waals surface area contributed by atoms with E-state index in [0.29, 0.717) is 5.69 Å². The van der Waals surface area contributed by atoms with Crippen LogP contribution in [0.1, 0.15) is 0 Å².